The molecule has 27 heavy (non-hydrogen) atoms. The summed E-state index contributed by atoms with van der Waals surface area (Å²) < 4.78 is 26.4. The molecule has 0 aliphatic carbocycles. The van der Waals surface area contributed by atoms with E-state index in [0.29, 0.717) is 5.56 Å². The van der Waals surface area contributed by atoms with Gasteiger partial charge in [-0.1, -0.05) is 54.6 Å². The summed E-state index contributed by atoms with van der Waals surface area (Å²) in [5, 5.41) is 5.92. The first-order valence-corrected chi connectivity index (χ1v) is 8.67. The van der Waals surface area contributed by atoms with E-state index in [1.165, 1.54) is 6.07 Å². The number of rotatable bonds is 6. The minimum Gasteiger partial charge on any atom is -0.324 e. The Balaban J connectivity index is 1.64. The monoisotopic (exact) mass is 366 g/mol. The van der Waals surface area contributed by atoms with Gasteiger partial charge in [-0.2, -0.15) is 0 Å². The van der Waals surface area contributed by atoms with Crippen LogP contribution in [0.3, 0.4) is 0 Å². The van der Waals surface area contributed by atoms with Crippen molar-refractivity contribution in [2.75, 3.05) is 11.9 Å². The van der Waals surface area contributed by atoms with E-state index >= 15 is 0 Å². The highest BCUT2D eigenvalue weighted by atomic mass is 19.2. The van der Waals surface area contributed by atoms with Gasteiger partial charge < -0.3 is 10.6 Å². The number of carbonyl (C=O) groups is 1. The molecule has 0 bridgehead atoms. The average Bonchev–Trinajstić information content (AvgIpc) is 2.69. The Morgan fingerprint density at radius 3 is 2.37 bits per heavy atom. The van der Waals surface area contributed by atoms with Crippen LogP contribution in [-0.4, -0.2) is 12.5 Å². The number of hydrogen-bond donors (Lipinski definition) is 2. The molecule has 3 nitrogen and oxygen atoms in total. The number of anilines is 1. The molecule has 3 aromatic rings. The van der Waals surface area contributed by atoms with Crippen LogP contribution in [0.5, 0.6) is 0 Å². The molecule has 2 N–H and O–H groups in total. The van der Waals surface area contributed by atoms with Gasteiger partial charge in [-0.05, 0) is 36.2 Å². The molecular formula is C22H20F2N2O. The van der Waals surface area contributed by atoms with Crippen molar-refractivity contribution in [2.45, 2.75) is 13.0 Å². The predicted octanol–water partition coefficient (Wildman–Crippen LogP) is 4.92. The zero-order valence-electron chi connectivity index (χ0n) is 14.9. The first-order chi connectivity index (χ1) is 13.0. The molecule has 0 radical (unpaired) electrons. The van der Waals surface area contributed by atoms with Crippen LogP contribution in [0.4, 0.5) is 14.5 Å². The van der Waals surface area contributed by atoms with E-state index in [0.717, 1.165) is 28.9 Å². The standard InChI is InChI=1S/C22H20F2N2O/c1-15(17-11-12-19(23)20(24)13-17)25-14-22(27)26-21-10-6-5-9-18(21)16-7-3-2-4-8-16/h2-13,15,25H,14H2,1H3,(H,26,27)/t15-/m0/s1. The molecule has 0 saturated carbocycles. The largest absolute Gasteiger partial charge is 0.324 e. The van der Waals surface area contributed by atoms with Crippen molar-refractivity contribution >= 4 is 11.6 Å². The van der Waals surface area contributed by atoms with Crippen molar-refractivity contribution < 1.29 is 13.6 Å². The summed E-state index contributed by atoms with van der Waals surface area (Å²) in [5.41, 5.74) is 3.24. The highest BCUT2D eigenvalue weighted by molar-refractivity contribution is 5.96. The highest BCUT2D eigenvalue weighted by Crippen LogP contribution is 2.27. The smallest absolute Gasteiger partial charge is 0.238 e. The summed E-state index contributed by atoms with van der Waals surface area (Å²) in [5.74, 6) is -2.00. The third kappa shape index (κ3) is 4.77. The quantitative estimate of drug-likeness (QED) is 0.650. The second-order valence-corrected chi connectivity index (χ2v) is 6.24. The van der Waals surface area contributed by atoms with Gasteiger partial charge in [-0.25, -0.2) is 8.78 Å². The van der Waals surface area contributed by atoms with Crippen molar-refractivity contribution in [3.05, 3.63) is 90.0 Å². The number of benzene rings is 3. The number of halogens is 2. The molecule has 0 unspecified atom stereocenters. The lowest BCUT2D eigenvalue weighted by Gasteiger charge is -2.15. The zero-order valence-corrected chi connectivity index (χ0v) is 14.9. The van der Waals surface area contributed by atoms with Crippen molar-refractivity contribution in [1.82, 2.24) is 5.32 Å². The minimum atomic E-state index is -0.901. The lowest BCUT2D eigenvalue weighted by atomic mass is 10.0. The Kier molecular flexibility index (Phi) is 5.94. The molecule has 3 aromatic carbocycles. The van der Waals surface area contributed by atoms with Crippen molar-refractivity contribution in [3.8, 4) is 11.1 Å². The predicted molar refractivity (Wildman–Crippen MR) is 103 cm³/mol. The molecule has 0 heterocycles. The van der Waals surface area contributed by atoms with E-state index in [9.17, 15) is 13.6 Å². The van der Waals surface area contributed by atoms with Gasteiger partial charge >= 0.3 is 0 Å². The number of hydrogen-bond acceptors (Lipinski definition) is 2. The van der Waals surface area contributed by atoms with E-state index in [-0.39, 0.29) is 18.5 Å². The molecule has 1 amide bonds. The molecule has 0 fully saturated rings. The Hall–Kier alpha value is -3.05. The van der Waals surface area contributed by atoms with Crippen molar-refractivity contribution in [3.63, 3.8) is 0 Å². The number of nitrogens with one attached hydrogen (secondary N) is 2. The molecule has 0 spiro atoms. The van der Waals surface area contributed by atoms with Gasteiger partial charge in [-0.15, -0.1) is 0 Å². The Bertz CT molecular complexity index is 929. The van der Waals surface area contributed by atoms with Gasteiger partial charge in [0.15, 0.2) is 11.6 Å². The summed E-state index contributed by atoms with van der Waals surface area (Å²) in [6.45, 7) is 1.83. The molecule has 5 heteroatoms. The Morgan fingerprint density at radius 1 is 0.926 bits per heavy atom. The first kappa shape index (κ1) is 18.7. The van der Waals surface area contributed by atoms with E-state index in [1.807, 2.05) is 54.6 Å². The van der Waals surface area contributed by atoms with Crippen molar-refractivity contribution in [1.29, 1.82) is 0 Å². The number of para-hydroxylation sites is 1. The summed E-state index contributed by atoms with van der Waals surface area (Å²) in [6.07, 6.45) is 0. The molecule has 0 aromatic heterocycles. The van der Waals surface area contributed by atoms with E-state index in [1.54, 1.807) is 6.92 Å². The van der Waals surface area contributed by atoms with Crippen LogP contribution in [-0.2, 0) is 4.79 Å². The van der Waals surface area contributed by atoms with Crippen LogP contribution in [0, 0.1) is 11.6 Å². The minimum absolute atomic E-state index is 0.0449. The van der Waals surface area contributed by atoms with Gasteiger partial charge in [-0.3, -0.25) is 4.79 Å². The second kappa shape index (κ2) is 8.56. The third-order valence-corrected chi connectivity index (χ3v) is 4.30. The summed E-state index contributed by atoms with van der Waals surface area (Å²) >= 11 is 0. The number of amides is 1. The Morgan fingerprint density at radius 2 is 1.63 bits per heavy atom. The van der Waals surface area contributed by atoms with Crippen LogP contribution in [0.1, 0.15) is 18.5 Å². The molecule has 0 saturated heterocycles. The fourth-order valence-electron chi connectivity index (χ4n) is 2.80. The van der Waals surface area contributed by atoms with Gasteiger partial charge in [0, 0.05) is 17.3 Å². The highest BCUT2D eigenvalue weighted by Gasteiger charge is 2.12. The van der Waals surface area contributed by atoms with Crippen LogP contribution in [0.2, 0.25) is 0 Å². The zero-order chi connectivity index (χ0) is 19.2. The lowest BCUT2D eigenvalue weighted by molar-refractivity contribution is -0.115. The SMILES string of the molecule is C[C@H](NCC(=O)Nc1ccccc1-c1ccccc1)c1ccc(F)c(F)c1. The van der Waals surface area contributed by atoms with E-state index in [2.05, 4.69) is 10.6 Å². The first-order valence-electron chi connectivity index (χ1n) is 8.67. The molecule has 1 atom stereocenters. The molecule has 3 rings (SSSR count). The fraction of sp³-hybridized carbons (Fsp3) is 0.136. The van der Waals surface area contributed by atoms with Gasteiger partial charge in [0.05, 0.1) is 6.54 Å². The maximum absolute atomic E-state index is 13.3. The normalized spacial score (nSPS) is 11.8. The maximum Gasteiger partial charge on any atom is 0.238 e. The van der Waals surface area contributed by atoms with Gasteiger partial charge in [0.1, 0.15) is 0 Å². The lowest BCUT2D eigenvalue weighted by Crippen LogP contribution is -2.30. The second-order valence-electron chi connectivity index (χ2n) is 6.24. The summed E-state index contributed by atoms with van der Waals surface area (Å²) in [4.78, 5) is 12.3. The maximum atomic E-state index is 13.3. The molecule has 0 aliphatic rings. The van der Waals surface area contributed by atoms with E-state index in [4.69, 9.17) is 0 Å². The van der Waals surface area contributed by atoms with Crippen LogP contribution in [0.15, 0.2) is 72.8 Å². The van der Waals surface area contributed by atoms with Gasteiger partial charge in [0.25, 0.3) is 0 Å². The average molecular weight is 366 g/mol. The molecular weight excluding hydrogens is 346 g/mol. The third-order valence-electron chi connectivity index (χ3n) is 4.30. The van der Waals surface area contributed by atoms with E-state index < -0.39 is 11.6 Å². The summed E-state index contributed by atoms with van der Waals surface area (Å²) in [6, 6.07) is 20.8. The Labute approximate surface area is 157 Å². The van der Waals surface area contributed by atoms with Crippen LogP contribution >= 0.6 is 0 Å². The summed E-state index contributed by atoms with van der Waals surface area (Å²) in [7, 11) is 0. The van der Waals surface area contributed by atoms with Crippen LogP contribution < -0.4 is 10.6 Å². The van der Waals surface area contributed by atoms with Crippen molar-refractivity contribution in [2.24, 2.45) is 0 Å². The fourth-order valence-corrected chi connectivity index (χ4v) is 2.80. The number of carbonyl (C=O) groups excluding carboxylic acids is 1. The topological polar surface area (TPSA) is 41.1 Å². The van der Waals surface area contributed by atoms with Crippen LogP contribution in [0.25, 0.3) is 11.1 Å². The molecule has 0 aliphatic heterocycles. The van der Waals surface area contributed by atoms with Gasteiger partial charge in [0.2, 0.25) is 5.91 Å². The molecule has 138 valence electrons.